The third kappa shape index (κ3) is 5.87. The molecular weight excluding hydrogens is 370 g/mol. The third-order valence-corrected chi connectivity index (χ3v) is 4.07. The molecule has 7 heteroatoms. The lowest BCUT2D eigenvalue weighted by molar-refractivity contribution is 0.0946. The van der Waals surface area contributed by atoms with Crippen molar-refractivity contribution in [2.45, 2.75) is 0 Å². The maximum atomic E-state index is 12.4. The average Bonchev–Trinajstić information content (AvgIpc) is 2.77. The molecule has 7 nitrogen and oxygen atoms in total. The quantitative estimate of drug-likeness (QED) is 0.540. The van der Waals surface area contributed by atoms with Crippen LogP contribution in [0.4, 0.5) is 11.4 Å². The van der Waals surface area contributed by atoms with E-state index in [9.17, 15) is 4.79 Å². The van der Waals surface area contributed by atoms with Gasteiger partial charge in [0.1, 0.15) is 23.9 Å². The van der Waals surface area contributed by atoms with E-state index in [4.69, 9.17) is 14.2 Å². The monoisotopic (exact) mass is 393 g/mol. The van der Waals surface area contributed by atoms with Crippen LogP contribution in [0.25, 0.3) is 0 Å². The SMILES string of the molecule is COc1ccc(OCCNC(=O)c2cncc(Nc3cccc(OC)c3)c2)cc1. The Labute approximate surface area is 169 Å². The molecule has 1 aromatic heterocycles. The van der Waals surface area contributed by atoms with Crippen LogP contribution in [0.15, 0.2) is 67.0 Å². The minimum absolute atomic E-state index is 0.217. The van der Waals surface area contributed by atoms with E-state index in [1.54, 1.807) is 26.5 Å². The minimum Gasteiger partial charge on any atom is -0.497 e. The van der Waals surface area contributed by atoms with Crippen molar-refractivity contribution < 1.29 is 19.0 Å². The highest BCUT2D eigenvalue weighted by Crippen LogP contribution is 2.21. The lowest BCUT2D eigenvalue weighted by Gasteiger charge is -2.10. The number of nitrogens with one attached hydrogen (secondary N) is 2. The fraction of sp³-hybridized carbons (Fsp3) is 0.182. The van der Waals surface area contributed by atoms with E-state index in [0.717, 1.165) is 17.2 Å². The number of carbonyl (C=O) groups is 1. The number of nitrogens with zero attached hydrogens (tertiary/aromatic N) is 1. The number of amides is 1. The second-order valence-corrected chi connectivity index (χ2v) is 6.10. The number of hydrogen-bond donors (Lipinski definition) is 2. The summed E-state index contributed by atoms with van der Waals surface area (Å²) in [5, 5.41) is 6.04. The first-order valence-corrected chi connectivity index (χ1v) is 9.09. The molecule has 29 heavy (non-hydrogen) atoms. The molecule has 0 saturated heterocycles. The highest BCUT2D eigenvalue weighted by atomic mass is 16.5. The smallest absolute Gasteiger partial charge is 0.253 e. The lowest BCUT2D eigenvalue weighted by Crippen LogP contribution is -2.28. The van der Waals surface area contributed by atoms with Crippen LogP contribution in [-0.2, 0) is 0 Å². The zero-order chi connectivity index (χ0) is 20.5. The number of rotatable bonds is 9. The van der Waals surface area contributed by atoms with Gasteiger partial charge in [-0.05, 0) is 42.5 Å². The average molecular weight is 393 g/mol. The summed E-state index contributed by atoms with van der Waals surface area (Å²) in [6.07, 6.45) is 3.18. The van der Waals surface area contributed by atoms with E-state index in [1.165, 1.54) is 6.20 Å². The molecular formula is C22H23N3O4. The van der Waals surface area contributed by atoms with Gasteiger partial charge in [0.25, 0.3) is 5.91 Å². The maximum Gasteiger partial charge on any atom is 0.253 e. The van der Waals surface area contributed by atoms with Crippen LogP contribution in [0.5, 0.6) is 17.2 Å². The predicted molar refractivity (Wildman–Crippen MR) is 111 cm³/mol. The predicted octanol–water partition coefficient (Wildman–Crippen LogP) is 3.65. The maximum absolute atomic E-state index is 12.4. The Hall–Kier alpha value is -3.74. The van der Waals surface area contributed by atoms with Crippen molar-refractivity contribution in [1.29, 1.82) is 0 Å². The number of anilines is 2. The van der Waals surface area contributed by atoms with Crippen molar-refractivity contribution in [3.05, 3.63) is 72.6 Å². The zero-order valence-electron chi connectivity index (χ0n) is 16.3. The van der Waals surface area contributed by atoms with Crippen molar-refractivity contribution in [3.8, 4) is 17.2 Å². The summed E-state index contributed by atoms with van der Waals surface area (Å²) in [7, 11) is 3.23. The highest BCUT2D eigenvalue weighted by Gasteiger charge is 2.07. The van der Waals surface area contributed by atoms with Crippen LogP contribution in [-0.4, -0.2) is 38.3 Å². The van der Waals surface area contributed by atoms with Gasteiger partial charge in [-0.1, -0.05) is 6.07 Å². The van der Waals surface area contributed by atoms with E-state index >= 15 is 0 Å². The zero-order valence-corrected chi connectivity index (χ0v) is 16.3. The molecule has 0 bridgehead atoms. The summed E-state index contributed by atoms with van der Waals surface area (Å²) in [6, 6.07) is 16.5. The molecule has 0 unspecified atom stereocenters. The van der Waals surface area contributed by atoms with Gasteiger partial charge in [0.15, 0.2) is 0 Å². The van der Waals surface area contributed by atoms with Gasteiger partial charge < -0.3 is 24.8 Å². The summed E-state index contributed by atoms with van der Waals surface area (Å²) >= 11 is 0. The Balaban J connectivity index is 1.50. The molecule has 0 aliphatic carbocycles. The summed E-state index contributed by atoms with van der Waals surface area (Å²) in [5.41, 5.74) is 2.01. The second kappa shape index (κ2) is 9.98. The van der Waals surface area contributed by atoms with Gasteiger partial charge in [0, 0.05) is 18.0 Å². The number of carbonyl (C=O) groups excluding carboxylic acids is 1. The van der Waals surface area contributed by atoms with Crippen LogP contribution >= 0.6 is 0 Å². The highest BCUT2D eigenvalue weighted by molar-refractivity contribution is 5.94. The molecule has 2 aromatic carbocycles. The normalized spacial score (nSPS) is 10.1. The number of pyridine rings is 1. The minimum atomic E-state index is -0.217. The molecule has 0 saturated carbocycles. The Morgan fingerprint density at radius 1 is 0.897 bits per heavy atom. The molecule has 1 amide bonds. The van der Waals surface area contributed by atoms with Crippen molar-refractivity contribution in [3.63, 3.8) is 0 Å². The van der Waals surface area contributed by atoms with Crippen LogP contribution < -0.4 is 24.8 Å². The van der Waals surface area contributed by atoms with Gasteiger partial charge in [-0.15, -0.1) is 0 Å². The molecule has 150 valence electrons. The van der Waals surface area contributed by atoms with Crippen molar-refractivity contribution >= 4 is 17.3 Å². The first kappa shape index (κ1) is 20.0. The van der Waals surface area contributed by atoms with Gasteiger partial charge in [-0.25, -0.2) is 0 Å². The van der Waals surface area contributed by atoms with Crippen LogP contribution in [0.1, 0.15) is 10.4 Å². The van der Waals surface area contributed by atoms with Gasteiger partial charge in [-0.3, -0.25) is 9.78 Å². The first-order chi connectivity index (χ1) is 14.2. The Bertz CT molecular complexity index is 945. The van der Waals surface area contributed by atoms with E-state index < -0.39 is 0 Å². The number of hydrogen-bond acceptors (Lipinski definition) is 6. The van der Waals surface area contributed by atoms with Crippen molar-refractivity contribution in [1.82, 2.24) is 10.3 Å². The molecule has 0 spiro atoms. The standard InChI is InChI=1S/C22H23N3O4/c1-27-19-6-8-20(9-7-19)29-11-10-24-22(26)16-12-18(15-23-14-16)25-17-4-3-5-21(13-17)28-2/h3-9,12-15,25H,10-11H2,1-2H3,(H,24,26). The lowest BCUT2D eigenvalue weighted by atomic mass is 10.2. The summed E-state index contributed by atoms with van der Waals surface area (Å²) < 4.78 is 15.9. The van der Waals surface area contributed by atoms with Gasteiger partial charge in [0.2, 0.25) is 0 Å². The topological polar surface area (TPSA) is 81.7 Å². The summed E-state index contributed by atoms with van der Waals surface area (Å²) in [5.74, 6) is 2.01. The molecule has 2 N–H and O–H groups in total. The van der Waals surface area contributed by atoms with E-state index in [1.807, 2.05) is 48.5 Å². The molecule has 1 heterocycles. The van der Waals surface area contributed by atoms with Gasteiger partial charge >= 0.3 is 0 Å². The largest absolute Gasteiger partial charge is 0.497 e. The van der Waals surface area contributed by atoms with Gasteiger partial charge in [0.05, 0.1) is 38.2 Å². The number of benzene rings is 2. The molecule has 0 aliphatic heterocycles. The van der Waals surface area contributed by atoms with Crippen molar-refractivity contribution in [2.75, 3.05) is 32.7 Å². The van der Waals surface area contributed by atoms with E-state index in [2.05, 4.69) is 15.6 Å². The fourth-order valence-corrected chi connectivity index (χ4v) is 2.61. The number of aromatic nitrogens is 1. The van der Waals surface area contributed by atoms with Gasteiger partial charge in [-0.2, -0.15) is 0 Å². The molecule has 3 rings (SSSR count). The molecule has 0 atom stereocenters. The number of ether oxygens (including phenoxy) is 3. The van der Waals surface area contributed by atoms with Crippen molar-refractivity contribution in [2.24, 2.45) is 0 Å². The Morgan fingerprint density at radius 3 is 2.41 bits per heavy atom. The second-order valence-electron chi connectivity index (χ2n) is 6.10. The molecule has 0 fully saturated rings. The van der Waals surface area contributed by atoms with E-state index in [0.29, 0.717) is 30.2 Å². The van der Waals surface area contributed by atoms with Crippen LogP contribution in [0.2, 0.25) is 0 Å². The van der Waals surface area contributed by atoms with Crippen LogP contribution in [0, 0.1) is 0 Å². The Kier molecular flexibility index (Phi) is 6.89. The van der Waals surface area contributed by atoms with E-state index in [-0.39, 0.29) is 5.91 Å². The van der Waals surface area contributed by atoms with Crippen LogP contribution in [0.3, 0.4) is 0 Å². The summed E-state index contributed by atoms with van der Waals surface area (Å²) in [6.45, 7) is 0.728. The third-order valence-electron chi connectivity index (χ3n) is 4.07. The fourth-order valence-electron chi connectivity index (χ4n) is 2.61. The Morgan fingerprint density at radius 2 is 1.66 bits per heavy atom. The molecule has 0 radical (unpaired) electrons. The molecule has 0 aliphatic rings. The molecule has 3 aromatic rings. The first-order valence-electron chi connectivity index (χ1n) is 9.09. The number of methoxy groups -OCH3 is 2. The summed E-state index contributed by atoms with van der Waals surface area (Å²) in [4.78, 5) is 16.5.